The van der Waals surface area contributed by atoms with E-state index in [1.807, 2.05) is 6.92 Å². The van der Waals surface area contributed by atoms with Gasteiger partial charge in [0.25, 0.3) is 5.91 Å². The van der Waals surface area contributed by atoms with Gasteiger partial charge in [-0.05, 0) is 31.5 Å². The molecule has 0 radical (unpaired) electrons. The summed E-state index contributed by atoms with van der Waals surface area (Å²) in [7, 11) is -2.42. The first-order chi connectivity index (χ1) is 12.6. The maximum atomic E-state index is 13.4. The quantitative estimate of drug-likeness (QED) is 0.760. The second-order valence-electron chi connectivity index (χ2n) is 5.96. The Kier molecular flexibility index (Phi) is 6.26. The van der Waals surface area contributed by atoms with Gasteiger partial charge in [0.15, 0.2) is 0 Å². The average molecular weight is 413 g/mol. The van der Waals surface area contributed by atoms with Crippen LogP contribution >= 0.6 is 11.6 Å². The number of aryl methyl sites for hydroxylation is 1. The first-order valence-corrected chi connectivity index (χ1v) is 9.85. The molecular formula is C17H18ClFN4O3S. The molecule has 27 heavy (non-hydrogen) atoms. The van der Waals surface area contributed by atoms with Crippen molar-refractivity contribution in [3.8, 4) is 6.07 Å². The van der Waals surface area contributed by atoms with Crippen LogP contribution < -0.4 is 10.0 Å². The number of hydrogen-bond acceptors (Lipinski definition) is 4. The molecule has 0 aliphatic carbocycles. The van der Waals surface area contributed by atoms with Gasteiger partial charge in [-0.1, -0.05) is 18.5 Å². The van der Waals surface area contributed by atoms with E-state index in [9.17, 15) is 17.6 Å². The molecule has 1 amide bonds. The van der Waals surface area contributed by atoms with Crippen molar-refractivity contribution in [2.24, 2.45) is 7.05 Å². The van der Waals surface area contributed by atoms with Crippen molar-refractivity contribution in [2.45, 2.75) is 31.2 Å². The molecule has 2 rings (SSSR count). The molecule has 1 aromatic heterocycles. The third kappa shape index (κ3) is 4.47. The molecule has 144 valence electrons. The number of anilines is 1. The zero-order chi connectivity index (χ0) is 20.4. The number of nitrogens with one attached hydrogen (secondary N) is 2. The van der Waals surface area contributed by atoms with Crippen LogP contribution in [-0.4, -0.2) is 24.9 Å². The van der Waals surface area contributed by atoms with Gasteiger partial charge in [-0.3, -0.25) is 4.79 Å². The van der Waals surface area contributed by atoms with Crippen molar-refractivity contribution in [1.82, 2.24) is 9.29 Å². The van der Waals surface area contributed by atoms with E-state index >= 15 is 0 Å². The molecule has 0 spiro atoms. The highest BCUT2D eigenvalue weighted by Crippen LogP contribution is 2.28. The van der Waals surface area contributed by atoms with Crippen LogP contribution in [-0.2, 0) is 17.1 Å². The molecule has 1 heterocycles. The second-order valence-corrected chi connectivity index (χ2v) is 8.02. The predicted molar refractivity (Wildman–Crippen MR) is 99.6 cm³/mol. The van der Waals surface area contributed by atoms with Crippen LogP contribution in [0.15, 0.2) is 29.3 Å². The topological polar surface area (TPSA) is 104 Å². The summed E-state index contributed by atoms with van der Waals surface area (Å²) in [6.07, 6.45) is 1.83. The van der Waals surface area contributed by atoms with Crippen molar-refractivity contribution in [3.05, 3.63) is 46.5 Å². The van der Waals surface area contributed by atoms with Crippen molar-refractivity contribution in [3.63, 3.8) is 0 Å². The Morgan fingerprint density at radius 2 is 2.11 bits per heavy atom. The smallest absolute Gasteiger partial charge is 0.273 e. The van der Waals surface area contributed by atoms with E-state index in [2.05, 4.69) is 10.0 Å². The molecular weight excluding hydrogens is 395 g/mol. The van der Waals surface area contributed by atoms with Crippen molar-refractivity contribution >= 4 is 33.2 Å². The van der Waals surface area contributed by atoms with Crippen LogP contribution in [0.25, 0.3) is 0 Å². The molecule has 0 saturated carbocycles. The van der Waals surface area contributed by atoms with Crippen LogP contribution in [0.3, 0.4) is 0 Å². The number of amides is 1. The Bertz CT molecular complexity index is 1030. The zero-order valence-corrected chi connectivity index (χ0v) is 16.4. The lowest BCUT2D eigenvalue weighted by molar-refractivity contribution is 0.101. The van der Waals surface area contributed by atoms with E-state index < -0.39 is 21.7 Å². The van der Waals surface area contributed by atoms with Gasteiger partial charge in [0, 0.05) is 25.0 Å². The molecule has 7 nitrogen and oxygen atoms in total. The fourth-order valence-corrected chi connectivity index (χ4v) is 4.33. The number of sulfonamides is 1. The number of hydrogen-bond donors (Lipinski definition) is 2. The van der Waals surface area contributed by atoms with Gasteiger partial charge in [0.05, 0.1) is 10.6 Å². The van der Waals surface area contributed by atoms with E-state index in [0.29, 0.717) is 6.42 Å². The summed E-state index contributed by atoms with van der Waals surface area (Å²) in [6, 6.07) is 4.88. The number of rotatable bonds is 6. The summed E-state index contributed by atoms with van der Waals surface area (Å²) in [6.45, 7) is 3.54. The van der Waals surface area contributed by atoms with Crippen LogP contribution in [0.1, 0.15) is 36.3 Å². The SMILES string of the molecule is CC[C@@H](C)NS(=O)(=O)c1cn(C)c(C(=O)Nc2ccc(F)c(C#N)c2)c1Cl. The lowest BCUT2D eigenvalue weighted by atomic mass is 10.2. The predicted octanol–water partition coefficient (Wildman–Crippen LogP) is 3.02. The Hall–Kier alpha value is -2.41. The fraction of sp³-hybridized carbons (Fsp3) is 0.294. The summed E-state index contributed by atoms with van der Waals surface area (Å²) in [5.41, 5.74) is -0.131. The lowest BCUT2D eigenvalue weighted by Gasteiger charge is -2.11. The normalized spacial score (nSPS) is 12.4. The Balaban J connectivity index is 2.36. The summed E-state index contributed by atoms with van der Waals surface area (Å²) >= 11 is 6.17. The molecule has 10 heteroatoms. The second kappa shape index (κ2) is 8.08. The number of halogens is 2. The van der Waals surface area contributed by atoms with Crippen LogP contribution in [0.4, 0.5) is 10.1 Å². The van der Waals surface area contributed by atoms with E-state index in [0.717, 1.165) is 6.07 Å². The maximum Gasteiger partial charge on any atom is 0.273 e. The number of nitriles is 1. The van der Waals surface area contributed by atoms with E-state index in [1.54, 1.807) is 13.0 Å². The minimum atomic E-state index is -3.90. The Labute approximate surface area is 161 Å². The fourth-order valence-electron chi connectivity index (χ4n) is 2.31. The van der Waals surface area contributed by atoms with Crippen LogP contribution in [0.2, 0.25) is 5.02 Å². The molecule has 2 aromatic rings. The van der Waals surface area contributed by atoms with Crippen molar-refractivity contribution < 1.29 is 17.6 Å². The first-order valence-electron chi connectivity index (χ1n) is 7.98. The van der Waals surface area contributed by atoms with Gasteiger partial charge >= 0.3 is 0 Å². The van der Waals surface area contributed by atoms with Crippen LogP contribution in [0, 0.1) is 17.1 Å². The third-order valence-electron chi connectivity index (χ3n) is 3.91. The molecule has 0 aliphatic rings. The number of carbonyl (C=O) groups excluding carboxylic acids is 1. The van der Waals surface area contributed by atoms with Crippen molar-refractivity contribution in [2.75, 3.05) is 5.32 Å². The van der Waals surface area contributed by atoms with Crippen molar-refractivity contribution in [1.29, 1.82) is 5.26 Å². The largest absolute Gasteiger partial charge is 0.344 e. The summed E-state index contributed by atoms with van der Waals surface area (Å²) < 4.78 is 42.1. The molecule has 1 aromatic carbocycles. The average Bonchev–Trinajstić information content (AvgIpc) is 2.91. The number of nitrogens with zero attached hydrogens (tertiary/aromatic N) is 2. The number of aromatic nitrogens is 1. The monoisotopic (exact) mass is 412 g/mol. The Morgan fingerprint density at radius 1 is 1.44 bits per heavy atom. The molecule has 1 atom stereocenters. The first kappa shape index (κ1) is 20.9. The van der Waals surface area contributed by atoms with E-state index in [-0.39, 0.29) is 32.9 Å². The number of benzene rings is 1. The molecule has 0 saturated heterocycles. The highest BCUT2D eigenvalue weighted by Gasteiger charge is 2.28. The molecule has 2 N–H and O–H groups in total. The minimum Gasteiger partial charge on any atom is -0.344 e. The highest BCUT2D eigenvalue weighted by molar-refractivity contribution is 7.89. The van der Waals surface area contributed by atoms with Gasteiger partial charge in [-0.25, -0.2) is 17.5 Å². The number of carbonyl (C=O) groups is 1. The van der Waals surface area contributed by atoms with Gasteiger partial charge < -0.3 is 9.88 Å². The molecule has 0 bridgehead atoms. The molecule has 0 unspecified atom stereocenters. The summed E-state index contributed by atoms with van der Waals surface area (Å²) in [5.74, 6) is -1.40. The zero-order valence-electron chi connectivity index (χ0n) is 14.9. The van der Waals surface area contributed by atoms with Crippen LogP contribution in [0.5, 0.6) is 0 Å². The summed E-state index contributed by atoms with van der Waals surface area (Å²) in [5, 5.41) is 11.1. The van der Waals surface area contributed by atoms with Gasteiger partial charge in [-0.2, -0.15) is 5.26 Å². The lowest BCUT2D eigenvalue weighted by Crippen LogP contribution is -2.32. The van der Waals surface area contributed by atoms with Gasteiger partial charge in [0.2, 0.25) is 10.0 Å². The minimum absolute atomic E-state index is 0.0796. The third-order valence-corrected chi connectivity index (χ3v) is 6.00. The molecule has 0 aliphatic heterocycles. The van der Waals surface area contributed by atoms with E-state index in [4.69, 9.17) is 16.9 Å². The van der Waals surface area contributed by atoms with Gasteiger partial charge in [-0.15, -0.1) is 0 Å². The Morgan fingerprint density at radius 3 is 2.70 bits per heavy atom. The van der Waals surface area contributed by atoms with Gasteiger partial charge in [0.1, 0.15) is 22.5 Å². The summed E-state index contributed by atoms with van der Waals surface area (Å²) in [4.78, 5) is 12.3. The highest BCUT2D eigenvalue weighted by atomic mass is 35.5. The van der Waals surface area contributed by atoms with E-state index in [1.165, 1.54) is 29.9 Å². The molecule has 0 fully saturated rings. The maximum absolute atomic E-state index is 13.4. The standard InChI is InChI=1S/C17H18ClFN4O3S/c1-4-10(2)22-27(25,26)14-9-23(3)16(15(14)18)17(24)21-12-5-6-13(19)11(7-12)8-20/h5-7,9-10,22H,4H2,1-3H3,(H,21,24)/t10-/m1/s1.